The molecule has 2 heterocycles. The van der Waals surface area contributed by atoms with Crippen LogP contribution in [-0.2, 0) is 13.6 Å². The van der Waals surface area contributed by atoms with E-state index in [4.69, 9.17) is 0 Å². The minimum absolute atomic E-state index is 0.122. The molecule has 1 unspecified atom stereocenters. The Hall–Kier alpha value is -1.03. The van der Waals surface area contributed by atoms with Gasteiger partial charge in [-0.05, 0) is 39.3 Å². The van der Waals surface area contributed by atoms with E-state index >= 15 is 0 Å². The number of imidazole rings is 1. The molecule has 0 aliphatic carbocycles. The molecule has 1 saturated heterocycles. The average molecular weight is 209 g/mol. The van der Waals surface area contributed by atoms with Crippen molar-refractivity contribution in [2.45, 2.75) is 26.8 Å². The zero-order chi connectivity index (χ0) is 11.0. The molecule has 4 nitrogen and oxygen atoms in total. The Bertz CT molecular complexity index is 410. The summed E-state index contributed by atoms with van der Waals surface area (Å²) < 4.78 is 3.64. The van der Waals surface area contributed by atoms with Crippen molar-refractivity contribution in [1.29, 1.82) is 0 Å². The first kappa shape index (κ1) is 10.5. The molecule has 1 atom stereocenters. The molecule has 1 aromatic rings. The van der Waals surface area contributed by atoms with Gasteiger partial charge >= 0.3 is 5.69 Å². The standard InChI is InChI=1S/C11H19N3O/c1-8-9(2)14(11(15)13(8)3)7-10-4-5-12-6-10/h10,12H,4-7H2,1-3H3. The van der Waals surface area contributed by atoms with Crippen LogP contribution in [0.4, 0.5) is 0 Å². The lowest BCUT2D eigenvalue weighted by atomic mass is 10.1. The Morgan fingerprint density at radius 3 is 2.60 bits per heavy atom. The summed E-state index contributed by atoms with van der Waals surface area (Å²) in [4.78, 5) is 11.9. The number of rotatable bonds is 2. The molecule has 0 aromatic carbocycles. The van der Waals surface area contributed by atoms with Crippen LogP contribution in [0.5, 0.6) is 0 Å². The van der Waals surface area contributed by atoms with Crippen LogP contribution in [0.2, 0.25) is 0 Å². The highest BCUT2D eigenvalue weighted by atomic mass is 16.1. The summed E-state index contributed by atoms with van der Waals surface area (Å²) in [5.41, 5.74) is 2.30. The van der Waals surface area contributed by atoms with Gasteiger partial charge in [0.15, 0.2) is 0 Å². The number of nitrogens with one attached hydrogen (secondary N) is 1. The van der Waals surface area contributed by atoms with Crippen molar-refractivity contribution in [3.8, 4) is 0 Å². The van der Waals surface area contributed by atoms with E-state index in [1.807, 2.05) is 25.5 Å². The molecule has 0 saturated carbocycles. The van der Waals surface area contributed by atoms with Gasteiger partial charge in [-0.1, -0.05) is 0 Å². The number of nitrogens with zero attached hydrogens (tertiary/aromatic N) is 2. The molecular weight excluding hydrogens is 190 g/mol. The fraction of sp³-hybridized carbons (Fsp3) is 0.727. The van der Waals surface area contributed by atoms with Crippen molar-refractivity contribution in [3.05, 3.63) is 21.9 Å². The van der Waals surface area contributed by atoms with Crippen LogP contribution >= 0.6 is 0 Å². The molecule has 1 aliphatic rings. The third-order valence-corrected chi connectivity index (χ3v) is 3.55. The third-order valence-electron chi connectivity index (χ3n) is 3.55. The summed E-state index contributed by atoms with van der Waals surface area (Å²) in [6, 6.07) is 0. The van der Waals surface area contributed by atoms with E-state index in [0.717, 1.165) is 31.0 Å². The van der Waals surface area contributed by atoms with Gasteiger partial charge in [-0.25, -0.2) is 4.79 Å². The topological polar surface area (TPSA) is 39.0 Å². The summed E-state index contributed by atoms with van der Waals surface area (Å²) in [5.74, 6) is 0.614. The normalized spacial score (nSPS) is 21.1. The third kappa shape index (κ3) is 1.74. The Morgan fingerprint density at radius 2 is 2.13 bits per heavy atom. The first-order valence-corrected chi connectivity index (χ1v) is 5.54. The first-order valence-electron chi connectivity index (χ1n) is 5.54. The molecule has 2 rings (SSSR count). The van der Waals surface area contributed by atoms with E-state index in [1.54, 1.807) is 4.57 Å². The van der Waals surface area contributed by atoms with Crippen LogP contribution in [-0.4, -0.2) is 22.2 Å². The number of hydrogen-bond acceptors (Lipinski definition) is 2. The minimum atomic E-state index is 0.122. The highest BCUT2D eigenvalue weighted by Gasteiger charge is 2.18. The summed E-state index contributed by atoms with van der Waals surface area (Å²) >= 11 is 0. The quantitative estimate of drug-likeness (QED) is 0.766. The van der Waals surface area contributed by atoms with Crippen LogP contribution in [0.15, 0.2) is 4.79 Å². The maximum absolute atomic E-state index is 11.9. The maximum atomic E-state index is 11.9. The smallest absolute Gasteiger partial charge is 0.316 e. The molecule has 1 fully saturated rings. The summed E-state index contributed by atoms with van der Waals surface area (Å²) in [7, 11) is 1.84. The number of hydrogen-bond donors (Lipinski definition) is 1. The predicted molar refractivity (Wildman–Crippen MR) is 60.1 cm³/mol. The van der Waals surface area contributed by atoms with Gasteiger partial charge in [-0.15, -0.1) is 0 Å². The van der Waals surface area contributed by atoms with Crippen molar-refractivity contribution in [3.63, 3.8) is 0 Å². The average Bonchev–Trinajstić information content (AvgIpc) is 2.79. The van der Waals surface area contributed by atoms with Gasteiger partial charge in [0, 0.05) is 25.0 Å². The van der Waals surface area contributed by atoms with E-state index < -0.39 is 0 Å². The molecule has 0 radical (unpaired) electrons. The highest BCUT2D eigenvalue weighted by molar-refractivity contribution is 5.11. The van der Waals surface area contributed by atoms with E-state index in [9.17, 15) is 4.79 Å². The molecule has 1 aromatic heterocycles. The van der Waals surface area contributed by atoms with Gasteiger partial charge in [0.25, 0.3) is 0 Å². The lowest BCUT2D eigenvalue weighted by Gasteiger charge is -2.09. The first-order chi connectivity index (χ1) is 7.11. The highest BCUT2D eigenvalue weighted by Crippen LogP contribution is 2.12. The van der Waals surface area contributed by atoms with Gasteiger partial charge in [0.1, 0.15) is 0 Å². The van der Waals surface area contributed by atoms with Crippen molar-refractivity contribution < 1.29 is 0 Å². The fourth-order valence-corrected chi connectivity index (χ4v) is 2.25. The van der Waals surface area contributed by atoms with Crippen molar-refractivity contribution in [2.75, 3.05) is 13.1 Å². The molecule has 0 spiro atoms. The van der Waals surface area contributed by atoms with Crippen molar-refractivity contribution in [2.24, 2.45) is 13.0 Å². The Balaban J connectivity index is 2.27. The van der Waals surface area contributed by atoms with Gasteiger partial charge in [-0.2, -0.15) is 0 Å². The SMILES string of the molecule is Cc1c(C)n(CC2CCNC2)c(=O)n1C. The van der Waals surface area contributed by atoms with Crippen molar-refractivity contribution >= 4 is 0 Å². The number of aromatic nitrogens is 2. The van der Waals surface area contributed by atoms with Crippen LogP contribution in [0, 0.1) is 19.8 Å². The van der Waals surface area contributed by atoms with E-state index in [-0.39, 0.29) is 5.69 Å². The molecule has 1 N–H and O–H groups in total. The lowest BCUT2D eigenvalue weighted by molar-refractivity contribution is 0.463. The van der Waals surface area contributed by atoms with Gasteiger partial charge in [0.2, 0.25) is 0 Å². The largest absolute Gasteiger partial charge is 0.328 e. The van der Waals surface area contributed by atoms with Crippen molar-refractivity contribution in [1.82, 2.24) is 14.5 Å². The van der Waals surface area contributed by atoms with E-state index in [2.05, 4.69) is 5.32 Å². The molecule has 1 aliphatic heterocycles. The van der Waals surface area contributed by atoms with Crippen LogP contribution in [0.25, 0.3) is 0 Å². The maximum Gasteiger partial charge on any atom is 0.328 e. The second-order valence-corrected chi connectivity index (χ2v) is 4.48. The van der Waals surface area contributed by atoms with E-state index in [0.29, 0.717) is 5.92 Å². The van der Waals surface area contributed by atoms with Crippen LogP contribution in [0.3, 0.4) is 0 Å². The zero-order valence-electron chi connectivity index (χ0n) is 9.71. The van der Waals surface area contributed by atoms with Gasteiger partial charge in [0.05, 0.1) is 0 Å². The van der Waals surface area contributed by atoms with E-state index in [1.165, 1.54) is 6.42 Å². The Kier molecular flexibility index (Phi) is 2.69. The van der Waals surface area contributed by atoms with Gasteiger partial charge in [-0.3, -0.25) is 9.13 Å². The zero-order valence-corrected chi connectivity index (χ0v) is 9.71. The second-order valence-electron chi connectivity index (χ2n) is 4.48. The minimum Gasteiger partial charge on any atom is -0.316 e. The summed E-state index contributed by atoms with van der Waals surface area (Å²) in [5, 5.41) is 3.33. The summed E-state index contributed by atoms with van der Waals surface area (Å²) in [6.45, 7) is 7.02. The second kappa shape index (κ2) is 3.85. The molecular formula is C11H19N3O. The molecule has 15 heavy (non-hydrogen) atoms. The monoisotopic (exact) mass is 209 g/mol. The Morgan fingerprint density at radius 1 is 1.40 bits per heavy atom. The van der Waals surface area contributed by atoms with Crippen LogP contribution in [0.1, 0.15) is 17.8 Å². The fourth-order valence-electron chi connectivity index (χ4n) is 2.25. The molecule has 0 bridgehead atoms. The predicted octanol–water partition coefficient (Wildman–Crippen LogP) is 0.413. The molecule has 0 amide bonds. The molecule has 4 heteroatoms. The molecule has 84 valence electrons. The summed E-state index contributed by atoms with van der Waals surface area (Å²) in [6.07, 6.45) is 1.18. The lowest BCUT2D eigenvalue weighted by Crippen LogP contribution is -2.27. The Labute approximate surface area is 89.9 Å². The van der Waals surface area contributed by atoms with Crippen LogP contribution < -0.4 is 11.0 Å². The van der Waals surface area contributed by atoms with Gasteiger partial charge < -0.3 is 5.32 Å².